The highest BCUT2D eigenvalue weighted by molar-refractivity contribution is 9.10. The number of carbonyl (C=O) groups is 1. The van der Waals surface area contributed by atoms with Crippen LogP contribution in [-0.2, 0) is 10.0 Å². The van der Waals surface area contributed by atoms with Crippen molar-refractivity contribution in [3.8, 4) is 0 Å². The van der Waals surface area contributed by atoms with Crippen molar-refractivity contribution < 1.29 is 18.3 Å². The molecule has 6 nitrogen and oxygen atoms in total. The number of carboxylic acid groups (broad SMARTS) is 1. The number of hydrogen-bond acceptors (Lipinski definition) is 4. The fraction of sp³-hybridized carbons (Fsp3) is 0.300. The van der Waals surface area contributed by atoms with E-state index in [0.717, 1.165) is 6.07 Å². The van der Waals surface area contributed by atoms with Crippen LogP contribution in [0.3, 0.4) is 0 Å². The molecule has 1 rings (SSSR count). The van der Waals surface area contributed by atoms with Crippen LogP contribution in [0.15, 0.2) is 21.5 Å². The van der Waals surface area contributed by atoms with E-state index in [2.05, 4.69) is 20.8 Å². The van der Waals surface area contributed by atoms with Gasteiger partial charge in [-0.1, -0.05) is 15.9 Å². The summed E-state index contributed by atoms with van der Waals surface area (Å²) in [5.74, 6) is -1.18. The van der Waals surface area contributed by atoms with Crippen LogP contribution >= 0.6 is 15.9 Å². The highest BCUT2D eigenvalue weighted by Crippen LogP contribution is 2.25. The average Bonchev–Trinajstić information content (AvgIpc) is 2.19. The number of hydrogen-bond donors (Lipinski definition) is 2. The van der Waals surface area contributed by atoms with Gasteiger partial charge in [-0.15, -0.1) is 4.83 Å². The molecule has 0 aromatic heterocycles. The molecule has 0 fully saturated rings. The van der Waals surface area contributed by atoms with Crippen LogP contribution in [0.4, 0.5) is 0 Å². The van der Waals surface area contributed by atoms with E-state index < -0.39 is 16.0 Å². The van der Waals surface area contributed by atoms with Gasteiger partial charge in [-0.2, -0.15) is 0 Å². The minimum absolute atomic E-state index is 0.0667. The van der Waals surface area contributed by atoms with Gasteiger partial charge < -0.3 is 5.11 Å². The predicted molar refractivity (Wildman–Crippen MR) is 69.8 cm³/mol. The van der Waals surface area contributed by atoms with E-state index in [-0.39, 0.29) is 10.5 Å². The molecule has 0 saturated carbocycles. The fourth-order valence-corrected chi connectivity index (χ4v) is 3.31. The fourth-order valence-electron chi connectivity index (χ4n) is 1.35. The number of nitrogens with one attached hydrogen (secondary N) is 1. The van der Waals surface area contributed by atoms with Gasteiger partial charge >= 0.3 is 5.97 Å². The largest absolute Gasteiger partial charge is 0.478 e. The van der Waals surface area contributed by atoms with Crippen molar-refractivity contribution in [1.82, 2.24) is 9.84 Å². The Morgan fingerprint density at radius 1 is 1.39 bits per heavy atom. The number of nitrogens with zero attached hydrogens (tertiary/aromatic N) is 1. The van der Waals surface area contributed by atoms with Gasteiger partial charge in [0, 0.05) is 18.6 Å². The molecule has 18 heavy (non-hydrogen) atoms. The predicted octanol–water partition coefficient (Wildman–Crippen LogP) is 1.21. The third-order valence-corrected chi connectivity index (χ3v) is 4.57. The van der Waals surface area contributed by atoms with Gasteiger partial charge in [-0.25, -0.2) is 18.2 Å². The molecule has 0 saturated heterocycles. The quantitative estimate of drug-likeness (QED) is 0.807. The number of aromatic carboxylic acids is 1. The standard InChI is InChI=1S/C10H13BrN2O4S/c1-6-8(11)4-7(10(14)15)5-9(6)18(16,17)12-13(2)3/h4-5,12H,1-3H3,(H,14,15). The molecule has 0 bridgehead atoms. The molecule has 0 aliphatic heterocycles. The van der Waals surface area contributed by atoms with Crippen LogP contribution in [0.2, 0.25) is 0 Å². The van der Waals surface area contributed by atoms with Crippen molar-refractivity contribution in [2.45, 2.75) is 11.8 Å². The van der Waals surface area contributed by atoms with Gasteiger partial charge in [0.2, 0.25) is 0 Å². The summed E-state index contributed by atoms with van der Waals surface area (Å²) < 4.78 is 24.5. The minimum atomic E-state index is -3.79. The van der Waals surface area contributed by atoms with Gasteiger partial charge in [-0.05, 0) is 24.6 Å². The van der Waals surface area contributed by atoms with Crippen molar-refractivity contribution in [3.05, 3.63) is 27.7 Å². The van der Waals surface area contributed by atoms with E-state index in [1.165, 1.54) is 25.2 Å². The van der Waals surface area contributed by atoms with Crippen LogP contribution in [0.5, 0.6) is 0 Å². The SMILES string of the molecule is Cc1c(Br)cc(C(=O)O)cc1S(=O)(=O)NN(C)C. The Kier molecular flexibility index (Phi) is 4.49. The monoisotopic (exact) mass is 336 g/mol. The number of hydrazine groups is 1. The van der Waals surface area contributed by atoms with Crippen molar-refractivity contribution >= 4 is 31.9 Å². The van der Waals surface area contributed by atoms with E-state index >= 15 is 0 Å². The van der Waals surface area contributed by atoms with E-state index in [1.807, 2.05) is 0 Å². The number of carboxylic acids is 1. The average molecular weight is 337 g/mol. The molecular weight excluding hydrogens is 324 g/mol. The molecule has 8 heteroatoms. The first-order valence-corrected chi connectivity index (χ1v) is 7.16. The molecule has 0 aliphatic carbocycles. The van der Waals surface area contributed by atoms with Gasteiger partial charge in [0.1, 0.15) is 0 Å². The van der Waals surface area contributed by atoms with Crippen LogP contribution in [0, 0.1) is 6.92 Å². The van der Waals surface area contributed by atoms with Crippen molar-refractivity contribution in [2.75, 3.05) is 14.1 Å². The lowest BCUT2D eigenvalue weighted by atomic mass is 10.1. The molecule has 2 N–H and O–H groups in total. The summed E-state index contributed by atoms with van der Waals surface area (Å²) in [6.45, 7) is 1.60. The zero-order chi connectivity index (χ0) is 14.1. The molecule has 0 atom stereocenters. The highest BCUT2D eigenvalue weighted by atomic mass is 79.9. The van der Waals surface area contributed by atoms with Gasteiger partial charge in [-0.3, -0.25) is 0 Å². The summed E-state index contributed by atoms with van der Waals surface area (Å²) in [4.78, 5) is 13.1. The number of sulfonamides is 1. The molecule has 0 aliphatic rings. The Bertz CT molecular complexity index is 584. The molecular formula is C10H13BrN2O4S. The molecule has 1 aromatic rings. The molecule has 100 valence electrons. The van der Waals surface area contributed by atoms with Crippen LogP contribution < -0.4 is 4.83 Å². The first-order chi connectivity index (χ1) is 8.15. The summed E-state index contributed by atoms with van der Waals surface area (Å²) in [7, 11) is -0.725. The zero-order valence-corrected chi connectivity index (χ0v) is 12.5. The second-order valence-corrected chi connectivity index (χ2v) is 6.36. The Morgan fingerprint density at radius 3 is 2.39 bits per heavy atom. The van der Waals surface area contributed by atoms with Gasteiger partial charge in [0.05, 0.1) is 10.5 Å². The molecule has 1 aromatic carbocycles. The van der Waals surface area contributed by atoms with E-state index in [1.54, 1.807) is 6.92 Å². The number of rotatable bonds is 4. The minimum Gasteiger partial charge on any atom is -0.478 e. The molecule has 0 heterocycles. The van der Waals surface area contributed by atoms with Crippen LogP contribution in [0.1, 0.15) is 15.9 Å². The molecule has 0 radical (unpaired) electrons. The van der Waals surface area contributed by atoms with Gasteiger partial charge in [0.15, 0.2) is 0 Å². The second kappa shape index (κ2) is 5.35. The molecule has 0 unspecified atom stereocenters. The highest BCUT2D eigenvalue weighted by Gasteiger charge is 2.21. The Morgan fingerprint density at radius 2 is 1.94 bits per heavy atom. The van der Waals surface area contributed by atoms with Crippen LogP contribution in [-0.4, -0.2) is 38.6 Å². The third kappa shape index (κ3) is 3.29. The summed E-state index contributed by atoms with van der Waals surface area (Å²) in [5, 5.41) is 10.2. The summed E-state index contributed by atoms with van der Waals surface area (Å²) in [6.07, 6.45) is 0. The second-order valence-electron chi connectivity index (χ2n) is 3.88. The first-order valence-electron chi connectivity index (χ1n) is 4.88. The van der Waals surface area contributed by atoms with Gasteiger partial charge in [0.25, 0.3) is 10.0 Å². The maximum absolute atomic E-state index is 12.0. The van der Waals surface area contributed by atoms with E-state index in [9.17, 15) is 13.2 Å². The lowest BCUT2D eigenvalue weighted by Gasteiger charge is -2.15. The summed E-state index contributed by atoms with van der Waals surface area (Å²) in [6, 6.07) is 2.50. The normalized spacial score (nSPS) is 11.8. The first kappa shape index (κ1) is 15.1. The lowest BCUT2D eigenvalue weighted by Crippen LogP contribution is -2.36. The van der Waals surface area contributed by atoms with Crippen molar-refractivity contribution in [3.63, 3.8) is 0 Å². The third-order valence-electron chi connectivity index (χ3n) is 2.14. The summed E-state index contributed by atoms with van der Waals surface area (Å²) >= 11 is 3.15. The van der Waals surface area contributed by atoms with Crippen molar-refractivity contribution in [2.24, 2.45) is 0 Å². The van der Waals surface area contributed by atoms with E-state index in [4.69, 9.17) is 5.11 Å². The molecule has 0 amide bonds. The van der Waals surface area contributed by atoms with Crippen LogP contribution in [0.25, 0.3) is 0 Å². The Balaban J connectivity index is 3.45. The smallest absolute Gasteiger partial charge is 0.335 e. The number of halogens is 1. The summed E-state index contributed by atoms with van der Waals surface area (Å²) in [5.41, 5.74) is 0.362. The molecule has 0 spiro atoms. The van der Waals surface area contributed by atoms with Crippen molar-refractivity contribution in [1.29, 1.82) is 0 Å². The number of benzene rings is 1. The zero-order valence-electron chi connectivity index (χ0n) is 10.1. The maximum Gasteiger partial charge on any atom is 0.335 e. The Labute approximate surface area is 114 Å². The van der Waals surface area contributed by atoms with E-state index in [0.29, 0.717) is 10.0 Å². The maximum atomic E-state index is 12.0. The Hall–Kier alpha value is -0.960. The topological polar surface area (TPSA) is 86.7 Å². The lowest BCUT2D eigenvalue weighted by molar-refractivity contribution is 0.0696.